The number of aliphatic hydroxyl groups excluding tert-OH is 2. The molecule has 0 radical (unpaired) electrons. The predicted octanol–water partition coefficient (Wildman–Crippen LogP) is 5.74. The van der Waals surface area contributed by atoms with Gasteiger partial charge in [0.15, 0.2) is 0 Å². The van der Waals surface area contributed by atoms with E-state index in [0.29, 0.717) is 59.2 Å². The lowest BCUT2D eigenvalue weighted by Gasteiger charge is -2.16. The maximum Gasteiger partial charge on any atom is 0.218 e. The Morgan fingerprint density at radius 2 is 1.43 bits per heavy atom. The van der Waals surface area contributed by atoms with Crippen molar-refractivity contribution in [1.82, 2.24) is 20.6 Å². The minimum absolute atomic E-state index is 0.438. The Bertz CT molecular complexity index is 1400. The molecule has 0 bridgehead atoms. The van der Waals surface area contributed by atoms with Gasteiger partial charge in [-0.25, -0.2) is 4.98 Å². The van der Waals surface area contributed by atoms with Crippen molar-refractivity contribution in [1.29, 1.82) is 0 Å². The van der Waals surface area contributed by atoms with Crippen molar-refractivity contribution in [2.75, 3.05) is 27.3 Å². The number of nitrogens with one attached hydrogen (secondary N) is 2. The van der Waals surface area contributed by atoms with E-state index >= 15 is 0 Å². The number of halogens is 2. The number of nitrogens with zero attached hydrogens (tertiary/aromatic N) is 2. The molecular weight excluding hydrogens is 575 g/mol. The van der Waals surface area contributed by atoms with Gasteiger partial charge in [-0.2, -0.15) is 0 Å². The quantitative estimate of drug-likeness (QED) is 0.152. The van der Waals surface area contributed by atoms with Gasteiger partial charge in [0.25, 0.3) is 0 Å². The molecule has 4 N–H and O–H groups in total. The van der Waals surface area contributed by atoms with Gasteiger partial charge in [-0.3, -0.25) is 4.98 Å². The molecule has 0 amide bonds. The van der Waals surface area contributed by atoms with Crippen molar-refractivity contribution in [3.63, 3.8) is 0 Å². The summed E-state index contributed by atoms with van der Waals surface area (Å²) in [5.41, 5.74) is 6.11. The van der Waals surface area contributed by atoms with Crippen molar-refractivity contribution in [3.05, 3.63) is 82.0 Å². The van der Waals surface area contributed by atoms with E-state index in [1.54, 1.807) is 34.3 Å². The Labute approximate surface area is 256 Å². The third kappa shape index (κ3) is 7.58. The minimum atomic E-state index is -0.449. The molecule has 0 unspecified atom stereocenters. The van der Waals surface area contributed by atoms with Crippen LogP contribution in [0.25, 0.3) is 33.6 Å². The topological polar surface area (TPSA) is 109 Å². The Morgan fingerprint density at radius 3 is 2.10 bits per heavy atom. The molecule has 2 atom stereocenters. The van der Waals surface area contributed by atoms with Crippen molar-refractivity contribution < 1.29 is 19.7 Å². The summed E-state index contributed by atoms with van der Waals surface area (Å²) in [6.07, 6.45) is 0.822. The fraction of sp³-hybridized carbons (Fsp3) is 0.312. The van der Waals surface area contributed by atoms with E-state index in [2.05, 4.69) is 15.6 Å². The Balaban J connectivity index is 1.66. The molecule has 2 aromatic heterocycles. The molecule has 0 aliphatic rings. The fourth-order valence-corrected chi connectivity index (χ4v) is 5.24. The summed E-state index contributed by atoms with van der Waals surface area (Å²) in [5, 5.41) is 26.4. The van der Waals surface area contributed by atoms with Gasteiger partial charge >= 0.3 is 0 Å². The lowest BCUT2D eigenvalue weighted by atomic mass is 9.99. The number of rotatable bonds is 13. The van der Waals surface area contributed by atoms with Crippen LogP contribution in [0.2, 0.25) is 10.0 Å². The molecule has 0 aliphatic carbocycles. The lowest BCUT2D eigenvalue weighted by molar-refractivity contribution is 0.190. The largest absolute Gasteiger partial charge is 0.496 e. The second-order valence-corrected chi connectivity index (χ2v) is 10.8. The van der Waals surface area contributed by atoms with Crippen LogP contribution >= 0.6 is 23.2 Å². The zero-order valence-corrected chi connectivity index (χ0v) is 25.6. The van der Waals surface area contributed by atoms with Crippen LogP contribution in [-0.4, -0.2) is 59.7 Å². The lowest BCUT2D eigenvalue weighted by Crippen LogP contribution is -2.24. The summed E-state index contributed by atoms with van der Waals surface area (Å²) in [6.45, 7) is 5.47. The van der Waals surface area contributed by atoms with Crippen molar-refractivity contribution in [3.8, 4) is 45.3 Å². The summed E-state index contributed by atoms with van der Waals surface area (Å²) < 4.78 is 11.2. The molecule has 2 aromatic carbocycles. The van der Waals surface area contributed by atoms with E-state index in [1.807, 2.05) is 54.6 Å². The van der Waals surface area contributed by atoms with Gasteiger partial charge in [0.05, 0.1) is 47.9 Å². The maximum atomic E-state index is 9.54. The van der Waals surface area contributed by atoms with Crippen LogP contribution in [0, 0.1) is 0 Å². The SMILES string of the molecule is COc1cc(-c2nccc(-c3cccc(-c4ccc(CNC[C@H](C)O)c(OC)n4)c3Cl)c2Cl)ccc1CNC[C@H](C)O. The number of pyridine rings is 2. The van der Waals surface area contributed by atoms with E-state index < -0.39 is 12.2 Å². The summed E-state index contributed by atoms with van der Waals surface area (Å²) in [5.74, 6) is 1.17. The first kappa shape index (κ1) is 31.7. The Kier molecular flexibility index (Phi) is 11.2. The van der Waals surface area contributed by atoms with E-state index in [1.165, 1.54) is 0 Å². The van der Waals surface area contributed by atoms with Crippen LogP contribution in [0.15, 0.2) is 60.8 Å². The first-order valence-corrected chi connectivity index (χ1v) is 14.4. The second kappa shape index (κ2) is 14.8. The number of ether oxygens (including phenoxy) is 2. The van der Waals surface area contributed by atoms with Crippen LogP contribution in [0.3, 0.4) is 0 Å². The molecule has 0 saturated heterocycles. The first-order valence-electron chi connectivity index (χ1n) is 13.7. The number of benzene rings is 2. The van der Waals surface area contributed by atoms with Crippen LogP contribution in [-0.2, 0) is 13.1 Å². The molecule has 2 heterocycles. The summed E-state index contributed by atoms with van der Waals surface area (Å²) >= 11 is 14.0. The summed E-state index contributed by atoms with van der Waals surface area (Å²) in [7, 11) is 3.20. The number of aliphatic hydroxyl groups is 2. The Morgan fingerprint density at radius 1 is 0.786 bits per heavy atom. The molecule has 0 saturated carbocycles. The molecule has 10 heteroatoms. The molecular formula is C32H36Cl2N4O4. The standard InChI is InChI=1S/C32H36Cl2N4O4/c1-19(39)15-35-17-22-9-8-21(14-28(22)41-3)31-30(34)25(12-13-37-31)24-6-5-7-26(29(24)33)27-11-10-23(32(38-27)42-4)18-36-16-20(2)40/h5-14,19-20,35-36,39-40H,15-18H2,1-4H3/t19-,20-/m0/s1. The van der Waals surface area contributed by atoms with E-state index in [9.17, 15) is 10.2 Å². The molecule has 4 aromatic rings. The van der Waals surface area contributed by atoms with Gasteiger partial charge < -0.3 is 30.3 Å². The van der Waals surface area contributed by atoms with Gasteiger partial charge in [0, 0.05) is 65.8 Å². The van der Waals surface area contributed by atoms with Gasteiger partial charge in [-0.1, -0.05) is 59.6 Å². The number of hydrogen-bond donors (Lipinski definition) is 4. The van der Waals surface area contributed by atoms with Gasteiger partial charge in [-0.05, 0) is 32.0 Å². The fourth-order valence-electron chi connectivity index (χ4n) is 4.59. The van der Waals surface area contributed by atoms with Crippen LogP contribution in [0.5, 0.6) is 11.6 Å². The number of aromatic nitrogens is 2. The van der Waals surface area contributed by atoms with Crippen LogP contribution < -0.4 is 20.1 Å². The van der Waals surface area contributed by atoms with Crippen LogP contribution in [0.1, 0.15) is 25.0 Å². The van der Waals surface area contributed by atoms with Crippen molar-refractivity contribution in [2.24, 2.45) is 0 Å². The molecule has 0 spiro atoms. The molecule has 0 fully saturated rings. The monoisotopic (exact) mass is 610 g/mol. The smallest absolute Gasteiger partial charge is 0.218 e. The van der Waals surface area contributed by atoms with Gasteiger partial charge in [0.2, 0.25) is 5.88 Å². The van der Waals surface area contributed by atoms with E-state index in [4.69, 9.17) is 37.7 Å². The van der Waals surface area contributed by atoms with E-state index in [-0.39, 0.29) is 0 Å². The zero-order valence-electron chi connectivity index (χ0n) is 24.1. The molecule has 8 nitrogen and oxygen atoms in total. The highest BCUT2D eigenvalue weighted by molar-refractivity contribution is 6.39. The summed E-state index contributed by atoms with van der Waals surface area (Å²) in [4.78, 5) is 9.29. The molecule has 0 aliphatic heterocycles. The maximum absolute atomic E-state index is 9.54. The predicted molar refractivity (Wildman–Crippen MR) is 168 cm³/mol. The normalized spacial score (nSPS) is 12.7. The van der Waals surface area contributed by atoms with Crippen molar-refractivity contribution in [2.45, 2.75) is 39.1 Å². The number of hydrogen-bond acceptors (Lipinski definition) is 8. The highest BCUT2D eigenvalue weighted by Crippen LogP contribution is 2.42. The van der Waals surface area contributed by atoms with Gasteiger partial charge in [-0.15, -0.1) is 0 Å². The van der Waals surface area contributed by atoms with Crippen LogP contribution in [0.4, 0.5) is 0 Å². The van der Waals surface area contributed by atoms with Crippen molar-refractivity contribution >= 4 is 23.2 Å². The minimum Gasteiger partial charge on any atom is -0.496 e. The highest BCUT2D eigenvalue weighted by atomic mass is 35.5. The Hall–Kier alpha value is -3.24. The molecule has 4 rings (SSSR count). The highest BCUT2D eigenvalue weighted by Gasteiger charge is 2.18. The molecule has 42 heavy (non-hydrogen) atoms. The third-order valence-electron chi connectivity index (χ3n) is 6.66. The van der Waals surface area contributed by atoms with Gasteiger partial charge in [0.1, 0.15) is 5.75 Å². The second-order valence-electron chi connectivity index (χ2n) is 10.0. The average molecular weight is 612 g/mol. The molecule has 222 valence electrons. The van der Waals surface area contributed by atoms with E-state index in [0.717, 1.165) is 33.4 Å². The number of methoxy groups -OCH3 is 2. The third-order valence-corrected chi connectivity index (χ3v) is 7.45. The first-order chi connectivity index (χ1) is 20.2. The average Bonchev–Trinajstić information content (AvgIpc) is 2.97. The zero-order chi connectivity index (χ0) is 30.2. The summed E-state index contributed by atoms with van der Waals surface area (Å²) in [6, 6.07) is 17.2.